The number of hydrogen-bond acceptors (Lipinski definition) is 5. The normalized spacial score (nSPS) is 21.3. The van der Waals surface area contributed by atoms with Crippen molar-refractivity contribution in [3.8, 4) is 5.69 Å². The van der Waals surface area contributed by atoms with E-state index in [9.17, 15) is 0 Å². The van der Waals surface area contributed by atoms with Crippen molar-refractivity contribution in [2.24, 2.45) is 17.6 Å². The molecule has 124 valence electrons. The first kappa shape index (κ1) is 15.1. The van der Waals surface area contributed by atoms with Crippen molar-refractivity contribution in [1.29, 1.82) is 0 Å². The Labute approximate surface area is 141 Å². The van der Waals surface area contributed by atoms with Crippen molar-refractivity contribution in [3.63, 3.8) is 0 Å². The minimum Gasteiger partial charge on any atom is -0.356 e. The number of nitrogens with zero attached hydrogens (tertiary/aromatic N) is 5. The molecule has 6 heteroatoms. The summed E-state index contributed by atoms with van der Waals surface area (Å²) in [6.07, 6.45) is 4.64. The molecule has 2 N–H and O–H groups in total. The molecular formula is C18H22N6. The SMILES string of the molecule is CC1CCN(c2ncnc3c2cnn3-c2ccccc2)CC1CN. The second-order valence-electron chi connectivity index (χ2n) is 6.53. The van der Waals surface area contributed by atoms with E-state index >= 15 is 0 Å². The molecule has 4 rings (SSSR count). The van der Waals surface area contributed by atoms with Crippen LogP contribution in [0.4, 0.5) is 5.82 Å². The Hall–Kier alpha value is -2.47. The zero-order valence-electron chi connectivity index (χ0n) is 13.8. The number of para-hydroxylation sites is 1. The van der Waals surface area contributed by atoms with Gasteiger partial charge in [-0.15, -0.1) is 0 Å². The topological polar surface area (TPSA) is 72.9 Å². The van der Waals surface area contributed by atoms with Gasteiger partial charge in [-0.2, -0.15) is 5.10 Å². The van der Waals surface area contributed by atoms with Gasteiger partial charge in [0, 0.05) is 13.1 Å². The highest BCUT2D eigenvalue weighted by molar-refractivity contribution is 5.87. The van der Waals surface area contributed by atoms with Crippen LogP contribution in [0.25, 0.3) is 16.7 Å². The van der Waals surface area contributed by atoms with Crippen LogP contribution < -0.4 is 10.6 Å². The van der Waals surface area contributed by atoms with Crippen molar-refractivity contribution in [3.05, 3.63) is 42.9 Å². The maximum Gasteiger partial charge on any atom is 0.168 e. The number of benzene rings is 1. The van der Waals surface area contributed by atoms with Crippen LogP contribution in [-0.2, 0) is 0 Å². The second-order valence-corrected chi connectivity index (χ2v) is 6.53. The molecule has 2 aromatic heterocycles. The molecule has 3 aromatic rings. The Morgan fingerprint density at radius 1 is 1.21 bits per heavy atom. The Morgan fingerprint density at radius 2 is 2.04 bits per heavy atom. The molecule has 2 atom stereocenters. The lowest BCUT2D eigenvalue weighted by Gasteiger charge is -2.37. The van der Waals surface area contributed by atoms with Crippen LogP contribution in [0, 0.1) is 11.8 Å². The van der Waals surface area contributed by atoms with Gasteiger partial charge in [0.05, 0.1) is 17.3 Å². The largest absolute Gasteiger partial charge is 0.356 e. The van der Waals surface area contributed by atoms with E-state index in [1.807, 2.05) is 41.2 Å². The molecule has 24 heavy (non-hydrogen) atoms. The molecule has 1 saturated heterocycles. The van der Waals surface area contributed by atoms with E-state index in [1.165, 1.54) is 0 Å². The maximum absolute atomic E-state index is 5.95. The van der Waals surface area contributed by atoms with E-state index in [0.717, 1.165) is 48.6 Å². The van der Waals surface area contributed by atoms with Crippen LogP contribution in [0.2, 0.25) is 0 Å². The summed E-state index contributed by atoms with van der Waals surface area (Å²) < 4.78 is 1.87. The Balaban J connectivity index is 1.74. The monoisotopic (exact) mass is 322 g/mol. The average molecular weight is 322 g/mol. The first-order valence-corrected chi connectivity index (χ1v) is 8.47. The Morgan fingerprint density at radius 3 is 2.83 bits per heavy atom. The highest BCUT2D eigenvalue weighted by Crippen LogP contribution is 2.30. The lowest BCUT2D eigenvalue weighted by molar-refractivity contribution is 0.307. The molecular weight excluding hydrogens is 300 g/mol. The molecule has 1 aromatic carbocycles. The number of anilines is 1. The van der Waals surface area contributed by atoms with Gasteiger partial charge in [-0.3, -0.25) is 0 Å². The summed E-state index contributed by atoms with van der Waals surface area (Å²) in [5, 5.41) is 5.53. The molecule has 2 unspecified atom stereocenters. The van der Waals surface area contributed by atoms with Gasteiger partial charge in [0.25, 0.3) is 0 Å². The number of aromatic nitrogens is 4. The fraction of sp³-hybridized carbons (Fsp3) is 0.389. The number of hydrogen-bond donors (Lipinski definition) is 1. The predicted molar refractivity (Wildman–Crippen MR) is 95.2 cm³/mol. The molecule has 0 saturated carbocycles. The summed E-state index contributed by atoms with van der Waals surface area (Å²) in [6.45, 7) is 4.95. The molecule has 0 radical (unpaired) electrons. The van der Waals surface area contributed by atoms with Gasteiger partial charge in [0.2, 0.25) is 0 Å². The van der Waals surface area contributed by atoms with Gasteiger partial charge in [-0.25, -0.2) is 14.6 Å². The summed E-state index contributed by atoms with van der Waals surface area (Å²) in [7, 11) is 0. The number of fused-ring (bicyclic) bond motifs is 1. The smallest absolute Gasteiger partial charge is 0.168 e. The molecule has 1 aliphatic heterocycles. The molecule has 6 nitrogen and oxygen atoms in total. The fourth-order valence-electron chi connectivity index (χ4n) is 3.49. The van der Waals surface area contributed by atoms with Crippen LogP contribution in [0.15, 0.2) is 42.9 Å². The molecule has 1 aliphatic rings. The fourth-order valence-corrected chi connectivity index (χ4v) is 3.49. The standard InChI is InChI=1S/C18H22N6/c1-13-7-8-23(11-14(13)9-19)17-16-10-22-24(18(16)21-12-20-17)15-5-3-2-4-6-15/h2-6,10,12-14H,7-9,11,19H2,1H3. The van der Waals surface area contributed by atoms with Crippen molar-refractivity contribution in [2.75, 3.05) is 24.5 Å². The lowest BCUT2D eigenvalue weighted by Crippen LogP contribution is -2.43. The summed E-state index contributed by atoms with van der Waals surface area (Å²) >= 11 is 0. The van der Waals surface area contributed by atoms with E-state index in [-0.39, 0.29) is 0 Å². The van der Waals surface area contributed by atoms with Crippen LogP contribution in [0.3, 0.4) is 0 Å². The van der Waals surface area contributed by atoms with Crippen molar-refractivity contribution in [1.82, 2.24) is 19.7 Å². The summed E-state index contributed by atoms with van der Waals surface area (Å²) in [5.41, 5.74) is 7.80. The highest BCUT2D eigenvalue weighted by atomic mass is 15.3. The van der Waals surface area contributed by atoms with Gasteiger partial charge in [0.1, 0.15) is 12.1 Å². The molecule has 0 spiro atoms. The first-order chi connectivity index (χ1) is 11.8. The quantitative estimate of drug-likeness (QED) is 0.800. The minimum atomic E-state index is 0.507. The lowest BCUT2D eigenvalue weighted by atomic mass is 9.87. The van der Waals surface area contributed by atoms with Crippen LogP contribution >= 0.6 is 0 Å². The van der Waals surface area contributed by atoms with Crippen LogP contribution in [0.5, 0.6) is 0 Å². The van der Waals surface area contributed by atoms with Crippen molar-refractivity contribution < 1.29 is 0 Å². The van der Waals surface area contributed by atoms with Gasteiger partial charge < -0.3 is 10.6 Å². The van der Waals surface area contributed by atoms with Crippen LogP contribution in [0.1, 0.15) is 13.3 Å². The molecule has 0 bridgehead atoms. The Bertz CT molecular complexity index is 828. The third-order valence-corrected chi connectivity index (χ3v) is 5.06. The van der Waals surface area contributed by atoms with E-state index in [4.69, 9.17) is 5.73 Å². The van der Waals surface area contributed by atoms with Gasteiger partial charge in [0.15, 0.2) is 5.65 Å². The molecule has 1 fully saturated rings. The van der Waals surface area contributed by atoms with Gasteiger partial charge in [-0.1, -0.05) is 25.1 Å². The molecule has 0 aliphatic carbocycles. The number of piperidine rings is 1. The van der Waals surface area contributed by atoms with E-state index < -0.39 is 0 Å². The zero-order chi connectivity index (χ0) is 16.5. The first-order valence-electron chi connectivity index (χ1n) is 8.47. The van der Waals surface area contributed by atoms with Crippen molar-refractivity contribution in [2.45, 2.75) is 13.3 Å². The zero-order valence-corrected chi connectivity index (χ0v) is 13.8. The van der Waals surface area contributed by atoms with Crippen molar-refractivity contribution >= 4 is 16.9 Å². The van der Waals surface area contributed by atoms with Gasteiger partial charge >= 0.3 is 0 Å². The summed E-state index contributed by atoms with van der Waals surface area (Å²) in [6, 6.07) is 10.1. The van der Waals surface area contributed by atoms with E-state index in [1.54, 1.807) is 6.33 Å². The minimum absolute atomic E-state index is 0.507. The number of rotatable bonds is 3. The van der Waals surface area contributed by atoms with Gasteiger partial charge in [-0.05, 0) is 36.9 Å². The number of nitrogens with two attached hydrogens (primary N) is 1. The highest BCUT2D eigenvalue weighted by Gasteiger charge is 2.27. The Kier molecular flexibility index (Phi) is 3.90. The van der Waals surface area contributed by atoms with E-state index in [2.05, 4.69) is 26.9 Å². The predicted octanol–water partition coefficient (Wildman–Crippen LogP) is 2.24. The second kappa shape index (κ2) is 6.20. The van der Waals surface area contributed by atoms with E-state index in [0.29, 0.717) is 11.8 Å². The van der Waals surface area contributed by atoms with Crippen LogP contribution in [-0.4, -0.2) is 39.4 Å². The summed E-state index contributed by atoms with van der Waals surface area (Å²) in [4.78, 5) is 11.3. The molecule has 0 amide bonds. The summed E-state index contributed by atoms with van der Waals surface area (Å²) in [5.74, 6) is 2.14. The average Bonchev–Trinajstić information content (AvgIpc) is 3.07. The third-order valence-electron chi connectivity index (χ3n) is 5.06. The molecule has 3 heterocycles. The maximum atomic E-state index is 5.95. The third kappa shape index (κ3) is 2.53.